The van der Waals surface area contributed by atoms with E-state index in [0.29, 0.717) is 24.4 Å². The number of imidazole rings is 1. The van der Waals surface area contributed by atoms with Gasteiger partial charge < -0.3 is 14.2 Å². The van der Waals surface area contributed by atoms with E-state index in [9.17, 15) is 4.79 Å². The van der Waals surface area contributed by atoms with Gasteiger partial charge in [-0.2, -0.15) is 5.10 Å². The maximum absolute atomic E-state index is 12.0. The molecule has 1 aliphatic rings. The van der Waals surface area contributed by atoms with Crippen LogP contribution in [-0.2, 0) is 9.47 Å². The van der Waals surface area contributed by atoms with Crippen molar-refractivity contribution in [3.8, 4) is 27.6 Å². The molecule has 0 amide bonds. The first-order valence-corrected chi connectivity index (χ1v) is 15.0. The van der Waals surface area contributed by atoms with Gasteiger partial charge in [-0.25, -0.2) is 14.3 Å². The molecule has 1 aliphatic heterocycles. The first-order valence-electron chi connectivity index (χ1n) is 14.2. The molecule has 40 heavy (non-hydrogen) atoms. The van der Waals surface area contributed by atoms with E-state index in [1.165, 1.54) is 19.3 Å². The molecule has 0 radical (unpaired) electrons. The second kappa shape index (κ2) is 13.4. The number of ether oxygens (including phenoxy) is 3. The molecule has 1 fully saturated rings. The highest BCUT2D eigenvalue weighted by atomic mass is 32.1. The second-order valence-corrected chi connectivity index (χ2v) is 11.3. The molecule has 0 bridgehead atoms. The maximum Gasteiger partial charge on any atom is 0.338 e. The summed E-state index contributed by atoms with van der Waals surface area (Å²) in [6.07, 6.45) is 7.18. The number of rotatable bonds is 12. The minimum absolute atomic E-state index is 0.320. The molecule has 4 aromatic rings. The summed E-state index contributed by atoms with van der Waals surface area (Å²) in [6.45, 7) is 10.5. The number of morpholine rings is 1. The molecule has 2 atom stereocenters. The largest absolute Gasteiger partial charge is 0.494 e. The average molecular weight is 563 g/mol. The predicted molar refractivity (Wildman–Crippen MR) is 158 cm³/mol. The van der Waals surface area contributed by atoms with Crippen LogP contribution in [0.3, 0.4) is 0 Å². The summed E-state index contributed by atoms with van der Waals surface area (Å²) in [5.41, 5.74) is 3.37. The third kappa shape index (κ3) is 7.08. The van der Waals surface area contributed by atoms with Crippen LogP contribution in [0, 0.1) is 0 Å². The number of esters is 1. The lowest BCUT2D eigenvalue weighted by molar-refractivity contribution is -0.0681. The lowest BCUT2D eigenvalue weighted by atomic mass is 10.1. The molecule has 8 nitrogen and oxygen atoms in total. The normalized spacial score (nSPS) is 17.8. The quantitative estimate of drug-likeness (QED) is 0.147. The number of carbonyl (C=O) groups is 1. The van der Waals surface area contributed by atoms with Crippen molar-refractivity contribution in [2.45, 2.75) is 58.7 Å². The van der Waals surface area contributed by atoms with E-state index in [2.05, 4.69) is 23.7 Å². The van der Waals surface area contributed by atoms with Crippen molar-refractivity contribution in [2.75, 3.05) is 32.8 Å². The Morgan fingerprint density at radius 3 is 2.40 bits per heavy atom. The minimum atomic E-state index is -0.320. The Kier molecular flexibility index (Phi) is 9.46. The molecule has 1 saturated heterocycles. The summed E-state index contributed by atoms with van der Waals surface area (Å²) in [6, 6.07) is 15.4. The van der Waals surface area contributed by atoms with Crippen LogP contribution < -0.4 is 4.74 Å². The van der Waals surface area contributed by atoms with Gasteiger partial charge in [0, 0.05) is 24.2 Å². The fourth-order valence-corrected chi connectivity index (χ4v) is 6.02. The van der Waals surface area contributed by atoms with Crippen molar-refractivity contribution in [2.24, 2.45) is 0 Å². The lowest BCUT2D eigenvalue weighted by Gasteiger charge is -2.35. The van der Waals surface area contributed by atoms with Crippen molar-refractivity contribution in [3.05, 3.63) is 60.3 Å². The van der Waals surface area contributed by atoms with Gasteiger partial charge in [0.05, 0.1) is 42.9 Å². The van der Waals surface area contributed by atoms with Crippen molar-refractivity contribution in [1.82, 2.24) is 19.5 Å². The summed E-state index contributed by atoms with van der Waals surface area (Å²) < 4.78 is 18.7. The first kappa shape index (κ1) is 28.3. The molecule has 212 valence electrons. The summed E-state index contributed by atoms with van der Waals surface area (Å²) in [5.74, 6) is 0.559. The van der Waals surface area contributed by atoms with Crippen molar-refractivity contribution in [1.29, 1.82) is 0 Å². The Labute approximate surface area is 239 Å². The summed E-state index contributed by atoms with van der Waals surface area (Å²) >= 11 is 1.54. The molecule has 0 aliphatic carbocycles. The van der Waals surface area contributed by atoms with Crippen LogP contribution in [0.5, 0.6) is 5.75 Å². The van der Waals surface area contributed by atoms with Crippen LogP contribution in [0.15, 0.2) is 54.7 Å². The molecule has 3 heterocycles. The lowest BCUT2D eigenvalue weighted by Crippen LogP contribution is -2.45. The molecule has 9 heteroatoms. The minimum Gasteiger partial charge on any atom is -0.494 e. The van der Waals surface area contributed by atoms with Gasteiger partial charge in [0.15, 0.2) is 0 Å². The SMILES string of the molecule is CCOC(=O)c1ccc(-c2cnc3sc(-c4ccc(OCCCCCCN5CC(C)OC(C)C5)cc4)nn23)cc1. The maximum atomic E-state index is 12.0. The van der Waals surface area contributed by atoms with Crippen LogP contribution in [0.25, 0.3) is 26.8 Å². The van der Waals surface area contributed by atoms with E-state index >= 15 is 0 Å². The van der Waals surface area contributed by atoms with Crippen LogP contribution >= 0.6 is 11.3 Å². The van der Waals surface area contributed by atoms with Crippen molar-refractivity contribution in [3.63, 3.8) is 0 Å². The standard InChI is InChI=1S/C31H38N4O4S/c1-4-37-30(36)26-11-9-24(10-12-26)28-19-32-31-35(28)33-29(40-31)25-13-15-27(16-14-25)38-18-8-6-5-7-17-34-20-22(2)39-23(3)21-34/h9-16,19,22-23H,4-8,17-18,20-21H2,1-3H3. The van der Waals surface area contributed by atoms with Gasteiger partial charge in [-0.1, -0.05) is 36.3 Å². The summed E-state index contributed by atoms with van der Waals surface area (Å²) in [4.78, 5) is 19.8. The van der Waals surface area contributed by atoms with Crippen LogP contribution in [0.4, 0.5) is 0 Å². The summed E-state index contributed by atoms with van der Waals surface area (Å²) in [5, 5.41) is 5.70. The Bertz CT molecular complexity index is 1370. The number of unbranched alkanes of at least 4 members (excludes halogenated alkanes) is 3. The van der Waals surface area contributed by atoms with Gasteiger partial charge in [-0.05, 0) is 76.6 Å². The third-order valence-electron chi connectivity index (χ3n) is 7.01. The fourth-order valence-electron chi connectivity index (χ4n) is 5.14. The molecule has 0 N–H and O–H groups in total. The van der Waals surface area contributed by atoms with Gasteiger partial charge in [0.25, 0.3) is 0 Å². The van der Waals surface area contributed by atoms with E-state index in [0.717, 1.165) is 65.2 Å². The molecular weight excluding hydrogens is 524 g/mol. The molecule has 0 spiro atoms. The van der Waals surface area contributed by atoms with Crippen LogP contribution in [0.1, 0.15) is 56.8 Å². The Morgan fingerprint density at radius 1 is 0.975 bits per heavy atom. The van der Waals surface area contributed by atoms with Gasteiger partial charge in [0.1, 0.15) is 10.8 Å². The second-order valence-electron chi connectivity index (χ2n) is 10.3. The molecule has 0 saturated carbocycles. The monoisotopic (exact) mass is 562 g/mol. The highest BCUT2D eigenvalue weighted by molar-refractivity contribution is 7.19. The number of fused-ring (bicyclic) bond motifs is 1. The van der Waals surface area contributed by atoms with E-state index in [-0.39, 0.29) is 5.97 Å². The zero-order valence-electron chi connectivity index (χ0n) is 23.5. The molecule has 2 unspecified atom stereocenters. The molecule has 2 aromatic carbocycles. The topological polar surface area (TPSA) is 78.2 Å². The Hall–Kier alpha value is -3.27. The number of hydrogen-bond donors (Lipinski definition) is 0. The van der Waals surface area contributed by atoms with Gasteiger partial charge >= 0.3 is 5.97 Å². The van der Waals surface area contributed by atoms with Gasteiger partial charge in [-0.15, -0.1) is 0 Å². The zero-order valence-corrected chi connectivity index (χ0v) is 24.4. The number of nitrogens with zero attached hydrogens (tertiary/aromatic N) is 4. The highest BCUT2D eigenvalue weighted by Crippen LogP contribution is 2.30. The van der Waals surface area contributed by atoms with E-state index in [4.69, 9.17) is 19.3 Å². The number of aromatic nitrogens is 3. The van der Waals surface area contributed by atoms with Crippen LogP contribution in [-0.4, -0.2) is 70.5 Å². The third-order valence-corrected chi connectivity index (χ3v) is 7.98. The first-order chi connectivity index (χ1) is 19.5. The summed E-state index contributed by atoms with van der Waals surface area (Å²) in [7, 11) is 0. The number of hydrogen-bond acceptors (Lipinski definition) is 8. The van der Waals surface area contributed by atoms with Crippen molar-refractivity contribution < 1.29 is 19.0 Å². The number of benzene rings is 2. The Balaban J connectivity index is 1.09. The fraction of sp³-hybridized carbons (Fsp3) is 0.452. The van der Waals surface area contributed by atoms with Crippen molar-refractivity contribution >= 4 is 22.3 Å². The van der Waals surface area contributed by atoms with Crippen LogP contribution in [0.2, 0.25) is 0 Å². The highest BCUT2D eigenvalue weighted by Gasteiger charge is 2.21. The zero-order chi connectivity index (χ0) is 27.9. The van der Waals surface area contributed by atoms with Gasteiger partial charge in [-0.3, -0.25) is 4.90 Å². The van der Waals surface area contributed by atoms with E-state index < -0.39 is 0 Å². The Morgan fingerprint density at radius 2 is 1.68 bits per heavy atom. The molecule has 2 aromatic heterocycles. The van der Waals surface area contributed by atoms with Gasteiger partial charge in [0.2, 0.25) is 4.96 Å². The molecular formula is C31H38N4O4S. The smallest absolute Gasteiger partial charge is 0.338 e. The average Bonchev–Trinajstić information content (AvgIpc) is 3.54. The molecule has 5 rings (SSSR count). The number of carbonyl (C=O) groups excluding carboxylic acids is 1. The predicted octanol–water partition coefficient (Wildman–Crippen LogP) is 6.35. The van der Waals surface area contributed by atoms with E-state index in [1.807, 2.05) is 47.1 Å². The van der Waals surface area contributed by atoms with E-state index in [1.54, 1.807) is 30.4 Å².